The lowest BCUT2D eigenvalue weighted by atomic mass is 10.1. The van der Waals surface area contributed by atoms with Crippen LogP contribution >= 0.6 is 11.6 Å². The van der Waals surface area contributed by atoms with Gasteiger partial charge in [-0.3, -0.25) is 4.79 Å². The maximum absolute atomic E-state index is 11.6. The van der Waals surface area contributed by atoms with Gasteiger partial charge in [-0.15, -0.1) is 0 Å². The van der Waals surface area contributed by atoms with E-state index in [4.69, 9.17) is 16.3 Å². The predicted molar refractivity (Wildman–Crippen MR) is 76.0 cm³/mol. The van der Waals surface area contributed by atoms with E-state index in [1.165, 1.54) is 13.2 Å². The Bertz CT molecular complexity index is 458. The maximum atomic E-state index is 11.6. The monoisotopic (exact) mass is 283 g/mol. The fraction of sp³-hybridized carbons (Fsp3) is 0.357. The minimum atomic E-state index is -1.08. The summed E-state index contributed by atoms with van der Waals surface area (Å²) in [4.78, 5) is 11.6. The second kappa shape index (κ2) is 7.28. The Balaban J connectivity index is 2.50. The summed E-state index contributed by atoms with van der Waals surface area (Å²) < 4.78 is 4.85. The Labute approximate surface area is 118 Å². The molecule has 0 fully saturated rings. The van der Waals surface area contributed by atoms with E-state index in [1.54, 1.807) is 19.1 Å². The Morgan fingerprint density at radius 2 is 2.21 bits per heavy atom. The van der Waals surface area contributed by atoms with Crippen molar-refractivity contribution in [3.05, 3.63) is 40.9 Å². The zero-order chi connectivity index (χ0) is 14.3. The van der Waals surface area contributed by atoms with E-state index < -0.39 is 5.60 Å². The molecule has 0 aliphatic carbocycles. The maximum Gasteiger partial charge on any atom is 0.244 e. The highest BCUT2D eigenvalue weighted by Crippen LogP contribution is 2.16. The Hall–Kier alpha value is -1.36. The van der Waals surface area contributed by atoms with E-state index in [2.05, 4.69) is 5.32 Å². The fourth-order valence-corrected chi connectivity index (χ4v) is 1.67. The summed E-state index contributed by atoms with van der Waals surface area (Å²) >= 11 is 5.96. The van der Waals surface area contributed by atoms with Crippen LogP contribution in [-0.4, -0.2) is 36.9 Å². The first-order chi connectivity index (χ1) is 8.94. The topological polar surface area (TPSA) is 58.6 Å². The van der Waals surface area contributed by atoms with Gasteiger partial charge in [-0.1, -0.05) is 29.8 Å². The highest BCUT2D eigenvalue weighted by molar-refractivity contribution is 6.32. The number of methoxy groups -OCH3 is 1. The third-order valence-electron chi connectivity index (χ3n) is 2.42. The lowest BCUT2D eigenvalue weighted by Crippen LogP contribution is -2.43. The van der Waals surface area contributed by atoms with Crippen LogP contribution < -0.4 is 5.32 Å². The number of rotatable bonds is 6. The first-order valence-electron chi connectivity index (χ1n) is 5.86. The molecule has 0 aliphatic heterocycles. The van der Waals surface area contributed by atoms with Crippen LogP contribution in [0.1, 0.15) is 12.5 Å². The number of carbonyl (C=O) groups excluding carboxylic acids is 1. The number of aliphatic hydroxyl groups is 1. The van der Waals surface area contributed by atoms with Crippen molar-refractivity contribution in [1.82, 2.24) is 5.32 Å². The molecule has 0 heterocycles. The molecule has 5 heteroatoms. The standard InChI is InChI=1S/C14H18ClNO3/c1-14(18,10-19-2)9-16-13(17)8-7-11-5-3-4-6-12(11)15/h3-8,18H,9-10H2,1-2H3,(H,16,17)/b8-7+/t14-/m0/s1. The molecule has 0 radical (unpaired) electrons. The van der Waals surface area contributed by atoms with Gasteiger partial charge in [-0.25, -0.2) is 0 Å². The van der Waals surface area contributed by atoms with E-state index in [1.807, 2.05) is 18.2 Å². The van der Waals surface area contributed by atoms with Crippen LogP contribution in [0.5, 0.6) is 0 Å². The van der Waals surface area contributed by atoms with E-state index in [9.17, 15) is 9.90 Å². The molecule has 1 rings (SSSR count). The third kappa shape index (κ3) is 5.87. The molecule has 4 nitrogen and oxygen atoms in total. The SMILES string of the molecule is COC[C@@](C)(O)CNC(=O)/C=C/c1ccccc1Cl. The minimum absolute atomic E-state index is 0.118. The van der Waals surface area contributed by atoms with Gasteiger partial charge in [0.25, 0.3) is 0 Å². The average Bonchev–Trinajstić information content (AvgIpc) is 2.35. The summed E-state index contributed by atoms with van der Waals surface area (Å²) in [5.41, 5.74) is -0.314. The van der Waals surface area contributed by atoms with Crippen LogP contribution in [0.15, 0.2) is 30.3 Å². The smallest absolute Gasteiger partial charge is 0.244 e. The number of hydrogen-bond donors (Lipinski definition) is 2. The molecule has 0 aromatic heterocycles. The van der Waals surface area contributed by atoms with Crippen LogP contribution in [-0.2, 0) is 9.53 Å². The minimum Gasteiger partial charge on any atom is -0.386 e. The molecule has 0 saturated carbocycles. The second-order valence-electron chi connectivity index (χ2n) is 4.50. The molecule has 0 unspecified atom stereocenters. The first-order valence-corrected chi connectivity index (χ1v) is 6.24. The Kier molecular flexibility index (Phi) is 6.02. The van der Waals surface area contributed by atoms with Crippen molar-refractivity contribution >= 4 is 23.6 Å². The number of ether oxygens (including phenoxy) is 1. The summed E-state index contributed by atoms with van der Waals surface area (Å²) in [6.45, 7) is 1.86. The Morgan fingerprint density at radius 3 is 2.84 bits per heavy atom. The number of amides is 1. The van der Waals surface area contributed by atoms with Crippen LogP contribution in [0.3, 0.4) is 0 Å². The van der Waals surface area contributed by atoms with Crippen molar-refractivity contribution in [1.29, 1.82) is 0 Å². The normalized spacial score (nSPS) is 14.3. The van der Waals surface area contributed by atoms with Gasteiger partial charge in [-0.05, 0) is 24.6 Å². The summed E-state index contributed by atoms with van der Waals surface area (Å²) in [5, 5.41) is 13.0. The van der Waals surface area contributed by atoms with Gasteiger partial charge in [0.1, 0.15) is 5.60 Å². The molecule has 19 heavy (non-hydrogen) atoms. The summed E-state index contributed by atoms with van der Waals surface area (Å²) in [7, 11) is 1.49. The molecule has 2 N–H and O–H groups in total. The molecule has 0 bridgehead atoms. The first kappa shape index (κ1) is 15.7. The lowest BCUT2D eigenvalue weighted by Gasteiger charge is -2.21. The van der Waals surface area contributed by atoms with Gasteiger partial charge in [0.2, 0.25) is 5.91 Å². The summed E-state index contributed by atoms with van der Waals surface area (Å²) in [5.74, 6) is -0.295. The molecule has 0 saturated heterocycles. The second-order valence-corrected chi connectivity index (χ2v) is 4.91. The third-order valence-corrected chi connectivity index (χ3v) is 2.76. The van der Waals surface area contributed by atoms with Crippen molar-refractivity contribution < 1.29 is 14.6 Å². The van der Waals surface area contributed by atoms with Crippen molar-refractivity contribution in [2.24, 2.45) is 0 Å². The molecule has 104 valence electrons. The highest BCUT2D eigenvalue weighted by atomic mass is 35.5. The van der Waals surface area contributed by atoms with E-state index in [0.717, 1.165) is 5.56 Å². The molecule has 0 spiro atoms. The quantitative estimate of drug-likeness (QED) is 0.784. The number of benzene rings is 1. The molecule has 1 atom stereocenters. The van der Waals surface area contributed by atoms with Crippen LogP contribution in [0.2, 0.25) is 5.02 Å². The van der Waals surface area contributed by atoms with Crippen molar-refractivity contribution in [2.45, 2.75) is 12.5 Å². The van der Waals surface area contributed by atoms with E-state index in [-0.39, 0.29) is 19.1 Å². The molecule has 1 aromatic rings. The van der Waals surface area contributed by atoms with Crippen LogP contribution in [0.25, 0.3) is 6.08 Å². The van der Waals surface area contributed by atoms with Gasteiger partial charge in [0, 0.05) is 24.8 Å². The van der Waals surface area contributed by atoms with Gasteiger partial charge < -0.3 is 15.2 Å². The van der Waals surface area contributed by atoms with Crippen LogP contribution in [0, 0.1) is 0 Å². The number of halogens is 1. The summed E-state index contributed by atoms with van der Waals surface area (Å²) in [6, 6.07) is 7.23. The zero-order valence-corrected chi connectivity index (χ0v) is 11.8. The lowest BCUT2D eigenvalue weighted by molar-refractivity contribution is -0.118. The van der Waals surface area contributed by atoms with E-state index >= 15 is 0 Å². The summed E-state index contributed by atoms with van der Waals surface area (Å²) in [6.07, 6.45) is 3.01. The van der Waals surface area contributed by atoms with Crippen molar-refractivity contribution in [2.75, 3.05) is 20.3 Å². The zero-order valence-electron chi connectivity index (χ0n) is 11.0. The predicted octanol–water partition coefficient (Wildman–Crippen LogP) is 1.87. The number of hydrogen-bond acceptors (Lipinski definition) is 3. The molecular weight excluding hydrogens is 266 g/mol. The van der Waals surface area contributed by atoms with E-state index in [0.29, 0.717) is 5.02 Å². The fourth-order valence-electron chi connectivity index (χ4n) is 1.47. The van der Waals surface area contributed by atoms with Crippen LogP contribution in [0.4, 0.5) is 0 Å². The van der Waals surface area contributed by atoms with Gasteiger partial charge in [-0.2, -0.15) is 0 Å². The molecule has 1 aromatic carbocycles. The molecule has 0 aliphatic rings. The molecule has 1 amide bonds. The van der Waals surface area contributed by atoms with Gasteiger partial charge in [0.15, 0.2) is 0 Å². The molecular formula is C14H18ClNO3. The van der Waals surface area contributed by atoms with Crippen molar-refractivity contribution in [3.8, 4) is 0 Å². The highest BCUT2D eigenvalue weighted by Gasteiger charge is 2.20. The van der Waals surface area contributed by atoms with Crippen molar-refractivity contribution in [3.63, 3.8) is 0 Å². The number of carbonyl (C=O) groups is 1. The largest absolute Gasteiger partial charge is 0.386 e. The Morgan fingerprint density at radius 1 is 1.53 bits per heavy atom. The van der Waals surface area contributed by atoms with Gasteiger partial charge in [0.05, 0.1) is 6.61 Å². The van der Waals surface area contributed by atoms with Gasteiger partial charge >= 0.3 is 0 Å². The average molecular weight is 284 g/mol. The number of nitrogens with one attached hydrogen (secondary N) is 1.